The topological polar surface area (TPSA) is 75.3 Å². The second kappa shape index (κ2) is 7.48. The number of amides is 1. The Kier molecular flexibility index (Phi) is 5.82. The molecule has 2 rings (SSSR count). The zero-order valence-corrected chi connectivity index (χ0v) is 14.7. The smallest absolute Gasteiger partial charge is 0.242 e. The van der Waals surface area contributed by atoms with Crippen LogP contribution in [0.3, 0.4) is 0 Å². The molecule has 2 aromatic carbocycles. The van der Waals surface area contributed by atoms with E-state index >= 15 is 0 Å². The van der Waals surface area contributed by atoms with Gasteiger partial charge in [-0.25, -0.2) is 12.8 Å². The van der Waals surface area contributed by atoms with E-state index in [0.717, 1.165) is 24.3 Å². The molecule has 0 aliphatic rings. The molecule has 0 saturated carbocycles. The lowest BCUT2D eigenvalue weighted by Gasteiger charge is -2.15. The van der Waals surface area contributed by atoms with Gasteiger partial charge in [0.25, 0.3) is 0 Å². The summed E-state index contributed by atoms with van der Waals surface area (Å²) in [5.74, 6) is -1.16. The zero-order valence-electron chi connectivity index (χ0n) is 12.4. The maximum absolute atomic E-state index is 12.9. The van der Waals surface area contributed by atoms with E-state index in [2.05, 4.69) is 10.0 Å². The van der Waals surface area contributed by atoms with Crippen LogP contribution in [0.4, 0.5) is 10.1 Å². The van der Waals surface area contributed by atoms with E-state index in [1.165, 1.54) is 25.1 Å². The Morgan fingerprint density at radius 1 is 1.08 bits per heavy atom. The summed E-state index contributed by atoms with van der Waals surface area (Å²) < 4.78 is 39.4. The van der Waals surface area contributed by atoms with Crippen LogP contribution in [0.25, 0.3) is 0 Å². The van der Waals surface area contributed by atoms with Gasteiger partial charge < -0.3 is 5.32 Å². The first kappa shape index (κ1) is 18.7. The minimum absolute atomic E-state index is 0.144. The number of sulfonamides is 1. The average molecular weight is 391 g/mol. The molecule has 0 spiro atoms. The van der Waals surface area contributed by atoms with E-state index in [0.29, 0.717) is 15.7 Å². The quantitative estimate of drug-likeness (QED) is 0.820. The summed E-state index contributed by atoms with van der Waals surface area (Å²) in [6.07, 6.45) is 0. The van der Waals surface area contributed by atoms with Gasteiger partial charge >= 0.3 is 0 Å². The van der Waals surface area contributed by atoms with Crippen LogP contribution in [0.5, 0.6) is 0 Å². The van der Waals surface area contributed by atoms with Crippen molar-refractivity contribution in [1.82, 2.24) is 4.72 Å². The summed E-state index contributed by atoms with van der Waals surface area (Å²) in [7, 11) is -3.96. The van der Waals surface area contributed by atoms with Crippen LogP contribution < -0.4 is 10.0 Å². The molecule has 0 saturated heterocycles. The fourth-order valence-corrected chi connectivity index (χ4v) is 3.57. The number of anilines is 1. The largest absolute Gasteiger partial charge is 0.325 e. The van der Waals surface area contributed by atoms with Crippen LogP contribution in [0, 0.1) is 5.82 Å². The van der Waals surface area contributed by atoms with Crippen molar-refractivity contribution >= 4 is 44.8 Å². The van der Waals surface area contributed by atoms with Crippen LogP contribution in [0.15, 0.2) is 47.4 Å². The molecule has 0 fully saturated rings. The Morgan fingerprint density at radius 3 is 2.17 bits per heavy atom. The molecule has 1 amide bonds. The van der Waals surface area contributed by atoms with Gasteiger partial charge in [0.05, 0.1) is 10.9 Å². The number of halogens is 3. The number of hydrogen-bond donors (Lipinski definition) is 2. The van der Waals surface area contributed by atoms with Gasteiger partial charge in [0.1, 0.15) is 5.82 Å². The highest BCUT2D eigenvalue weighted by atomic mass is 35.5. The summed E-state index contributed by atoms with van der Waals surface area (Å²) >= 11 is 11.7. The standard InChI is InChI=1S/C15H13Cl2FN2O3S/c1-9(15(21)19-13-7-10(16)6-11(17)8-13)20-24(22,23)14-4-2-12(18)3-5-14/h2-9,20H,1H3,(H,19,21)/t9-/m0/s1. The molecular weight excluding hydrogens is 378 g/mol. The maximum Gasteiger partial charge on any atom is 0.242 e. The van der Waals surface area contributed by atoms with E-state index in [1.54, 1.807) is 0 Å². The highest BCUT2D eigenvalue weighted by Crippen LogP contribution is 2.22. The molecule has 0 aliphatic carbocycles. The van der Waals surface area contributed by atoms with Gasteiger partial charge in [0, 0.05) is 15.7 Å². The van der Waals surface area contributed by atoms with Gasteiger partial charge in [-0.1, -0.05) is 23.2 Å². The highest BCUT2D eigenvalue weighted by molar-refractivity contribution is 7.89. The lowest BCUT2D eigenvalue weighted by molar-refractivity contribution is -0.117. The van der Waals surface area contributed by atoms with Gasteiger partial charge in [0.15, 0.2) is 0 Å². The first-order chi connectivity index (χ1) is 11.2. The lowest BCUT2D eigenvalue weighted by Crippen LogP contribution is -2.41. The molecule has 0 radical (unpaired) electrons. The van der Waals surface area contributed by atoms with Crippen molar-refractivity contribution in [2.45, 2.75) is 17.9 Å². The molecule has 0 heterocycles. The maximum atomic E-state index is 12.9. The minimum atomic E-state index is -3.96. The molecule has 128 valence electrons. The fourth-order valence-electron chi connectivity index (χ4n) is 1.84. The van der Waals surface area contributed by atoms with Gasteiger partial charge in [-0.3, -0.25) is 4.79 Å². The number of hydrogen-bond acceptors (Lipinski definition) is 3. The Morgan fingerprint density at radius 2 is 1.62 bits per heavy atom. The predicted octanol–water partition coefficient (Wildman–Crippen LogP) is 3.44. The van der Waals surface area contributed by atoms with Crippen LogP contribution in [-0.4, -0.2) is 20.4 Å². The molecule has 2 aromatic rings. The van der Waals surface area contributed by atoms with E-state index in [-0.39, 0.29) is 4.90 Å². The normalized spacial score (nSPS) is 12.7. The van der Waals surface area contributed by atoms with Crippen molar-refractivity contribution in [2.24, 2.45) is 0 Å². The van der Waals surface area contributed by atoms with Gasteiger partial charge in [-0.15, -0.1) is 0 Å². The van der Waals surface area contributed by atoms with Gasteiger partial charge in [0.2, 0.25) is 15.9 Å². The van der Waals surface area contributed by atoms with Gasteiger partial charge in [-0.05, 0) is 49.4 Å². The predicted molar refractivity (Wildman–Crippen MR) is 91.3 cm³/mol. The number of nitrogens with one attached hydrogen (secondary N) is 2. The van der Waals surface area contributed by atoms with Crippen LogP contribution >= 0.6 is 23.2 Å². The van der Waals surface area contributed by atoms with Crippen LogP contribution in [0.1, 0.15) is 6.92 Å². The fraction of sp³-hybridized carbons (Fsp3) is 0.133. The number of carbonyl (C=O) groups is 1. The molecule has 9 heteroatoms. The van der Waals surface area contributed by atoms with Crippen molar-refractivity contribution in [3.8, 4) is 0 Å². The van der Waals surface area contributed by atoms with Crippen molar-refractivity contribution in [1.29, 1.82) is 0 Å². The first-order valence-corrected chi connectivity index (χ1v) is 8.96. The summed E-state index contributed by atoms with van der Waals surface area (Å²) in [6, 6.07) is 7.65. The average Bonchev–Trinajstić information content (AvgIpc) is 2.46. The second-order valence-electron chi connectivity index (χ2n) is 4.94. The Balaban J connectivity index is 2.09. The van der Waals surface area contributed by atoms with Crippen LogP contribution in [0.2, 0.25) is 10.0 Å². The van der Waals surface area contributed by atoms with E-state index in [1.807, 2.05) is 0 Å². The molecule has 0 unspecified atom stereocenters. The number of carbonyl (C=O) groups excluding carboxylic acids is 1. The third-order valence-electron chi connectivity index (χ3n) is 2.98. The van der Waals surface area contributed by atoms with E-state index < -0.39 is 27.8 Å². The van der Waals surface area contributed by atoms with E-state index in [9.17, 15) is 17.6 Å². The summed E-state index contributed by atoms with van der Waals surface area (Å²) in [4.78, 5) is 12.0. The Hall–Kier alpha value is -1.67. The summed E-state index contributed by atoms with van der Waals surface area (Å²) in [6.45, 7) is 1.38. The zero-order chi connectivity index (χ0) is 17.9. The summed E-state index contributed by atoms with van der Waals surface area (Å²) in [5, 5.41) is 3.17. The number of benzene rings is 2. The van der Waals surface area contributed by atoms with Crippen molar-refractivity contribution in [3.05, 3.63) is 58.3 Å². The Labute approximate surface area is 148 Å². The molecule has 5 nitrogen and oxygen atoms in total. The molecule has 24 heavy (non-hydrogen) atoms. The van der Waals surface area contributed by atoms with Crippen molar-refractivity contribution < 1.29 is 17.6 Å². The highest BCUT2D eigenvalue weighted by Gasteiger charge is 2.22. The molecule has 1 atom stereocenters. The number of rotatable bonds is 5. The van der Waals surface area contributed by atoms with Crippen molar-refractivity contribution in [3.63, 3.8) is 0 Å². The van der Waals surface area contributed by atoms with Crippen LogP contribution in [-0.2, 0) is 14.8 Å². The lowest BCUT2D eigenvalue weighted by atomic mass is 10.3. The second-order valence-corrected chi connectivity index (χ2v) is 7.53. The third kappa shape index (κ3) is 4.91. The molecule has 0 bridgehead atoms. The van der Waals surface area contributed by atoms with Gasteiger partial charge in [-0.2, -0.15) is 4.72 Å². The SMILES string of the molecule is C[C@H](NS(=O)(=O)c1ccc(F)cc1)C(=O)Nc1cc(Cl)cc(Cl)c1. The molecular formula is C15H13Cl2FN2O3S. The van der Waals surface area contributed by atoms with E-state index in [4.69, 9.17) is 23.2 Å². The molecule has 0 aromatic heterocycles. The monoisotopic (exact) mass is 390 g/mol. The first-order valence-electron chi connectivity index (χ1n) is 6.72. The molecule has 2 N–H and O–H groups in total. The minimum Gasteiger partial charge on any atom is -0.325 e. The Bertz CT molecular complexity index is 837. The molecule has 0 aliphatic heterocycles. The third-order valence-corrected chi connectivity index (χ3v) is 4.97. The van der Waals surface area contributed by atoms with Crippen molar-refractivity contribution in [2.75, 3.05) is 5.32 Å². The summed E-state index contributed by atoms with van der Waals surface area (Å²) in [5.41, 5.74) is 0.338.